The van der Waals surface area contributed by atoms with E-state index in [1.165, 1.54) is 0 Å². The van der Waals surface area contributed by atoms with Crippen LogP contribution in [0, 0.1) is 0 Å². The van der Waals surface area contributed by atoms with E-state index in [0.717, 1.165) is 24.3 Å². The summed E-state index contributed by atoms with van der Waals surface area (Å²) in [6.45, 7) is 7.56. The minimum atomic E-state index is -0.233. The van der Waals surface area contributed by atoms with Gasteiger partial charge in [-0.3, -0.25) is 15.3 Å². The second-order valence-corrected chi connectivity index (χ2v) is 6.57. The molecule has 1 fully saturated rings. The largest absolute Gasteiger partial charge is 0.343 e. The van der Waals surface area contributed by atoms with E-state index in [1.807, 2.05) is 37.9 Å². The molecule has 0 saturated carbocycles. The highest BCUT2D eigenvalue weighted by Gasteiger charge is 2.28. The van der Waals surface area contributed by atoms with Crippen LogP contribution in [0.4, 0.5) is 16.4 Å². The van der Waals surface area contributed by atoms with E-state index < -0.39 is 0 Å². The van der Waals surface area contributed by atoms with Crippen LogP contribution in [0.15, 0.2) is 35.1 Å². The average molecular weight is 315 g/mol. The molecule has 3 heterocycles. The Bertz CT molecular complexity index is 677. The molecule has 0 bridgehead atoms. The Morgan fingerprint density at radius 2 is 2.17 bits per heavy atom. The summed E-state index contributed by atoms with van der Waals surface area (Å²) in [6, 6.07) is 5.33. The molecule has 122 valence electrons. The van der Waals surface area contributed by atoms with Gasteiger partial charge in [-0.2, -0.15) is 0 Å². The van der Waals surface area contributed by atoms with Crippen LogP contribution in [0.25, 0.3) is 0 Å². The van der Waals surface area contributed by atoms with Gasteiger partial charge in [0.05, 0.1) is 17.6 Å². The monoisotopic (exact) mass is 315 g/mol. The van der Waals surface area contributed by atoms with Crippen molar-refractivity contribution >= 4 is 17.6 Å². The third-order valence-corrected chi connectivity index (χ3v) is 3.72. The van der Waals surface area contributed by atoms with Crippen LogP contribution < -0.4 is 10.3 Å². The second kappa shape index (κ2) is 5.91. The Morgan fingerprint density at radius 3 is 2.83 bits per heavy atom. The van der Waals surface area contributed by atoms with E-state index in [2.05, 4.69) is 15.5 Å². The normalized spacial score (nSPS) is 15.1. The smallest absolute Gasteiger partial charge is 0.338 e. The molecule has 7 heteroatoms. The molecule has 2 aromatic rings. The van der Waals surface area contributed by atoms with Gasteiger partial charge < -0.3 is 4.52 Å². The molecule has 0 atom stereocenters. The van der Waals surface area contributed by atoms with Gasteiger partial charge in [0.2, 0.25) is 5.88 Å². The quantitative estimate of drug-likeness (QED) is 0.922. The molecule has 1 saturated heterocycles. The van der Waals surface area contributed by atoms with Crippen LogP contribution in [0.1, 0.15) is 32.9 Å². The third kappa shape index (κ3) is 3.28. The van der Waals surface area contributed by atoms with Gasteiger partial charge >= 0.3 is 6.03 Å². The molecular weight excluding hydrogens is 294 g/mol. The maximum absolute atomic E-state index is 12.5. The van der Waals surface area contributed by atoms with Crippen molar-refractivity contribution in [2.45, 2.75) is 32.6 Å². The molecule has 0 radical (unpaired) electrons. The van der Waals surface area contributed by atoms with Crippen LogP contribution in [-0.2, 0) is 5.41 Å². The van der Waals surface area contributed by atoms with Crippen molar-refractivity contribution in [3.63, 3.8) is 0 Å². The minimum absolute atomic E-state index is 0.123. The van der Waals surface area contributed by atoms with Crippen LogP contribution in [0.2, 0.25) is 0 Å². The molecule has 2 aromatic heterocycles. The summed E-state index contributed by atoms with van der Waals surface area (Å²) in [5, 5.41) is 10.4. The molecule has 0 aliphatic carbocycles. The summed E-state index contributed by atoms with van der Waals surface area (Å²) in [7, 11) is 0. The fourth-order valence-electron chi connectivity index (χ4n) is 2.46. The number of aromatic nitrogens is 2. The van der Waals surface area contributed by atoms with Crippen LogP contribution >= 0.6 is 0 Å². The molecule has 2 amide bonds. The predicted molar refractivity (Wildman–Crippen MR) is 87.1 cm³/mol. The van der Waals surface area contributed by atoms with Crippen molar-refractivity contribution in [2.24, 2.45) is 0 Å². The zero-order valence-electron chi connectivity index (χ0n) is 13.6. The molecule has 0 aromatic carbocycles. The Hall–Kier alpha value is -2.57. The third-order valence-electron chi connectivity index (χ3n) is 3.72. The number of anilines is 2. The van der Waals surface area contributed by atoms with Gasteiger partial charge in [-0.1, -0.05) is 25.9 Å². The lowest BCUT2D eigenvalue weighted by atomic mass is 9.92. The Kier molecular flexibility index (Phi) is 3.94. The van der Waals surface area contributed by atoms with E-state index in [1.54, 1.807) is 23.5 Å². The van der Waals surface area contributed by atoms with Gasteiger partial charge in [0.25, 0.3) is 0 Å². The highest BCUT2D eigenvalue weighted by Crippen LogP contribution is 2.25. The maximum atomic E-state index is 12.5. The highest BCUT2D eigenvalue weighted by atomic mass is 16.5. The number of pyridine rings is 1. The number of carbonyl (C=O) groups is 1. The fourth-order valence-corrected chi connectivity index (χ4v) is 2.46. The molecule has 23 heavy (non-hydrogen) atoms. The maximum Gasteiger partial charge on any atom is 0.343 e. The van der Waals surface area contributed by atoms with Crippen molar-refractivity contribution in [2.75, 3.05) is 23.4 Å². The number of rotatable bonds is 2. The first-order valence-corrected chi connectivity index (χ1v) is 7.68. The summed E-state index contributed by atoms with van der Waals surface area (Å²) >= 11 is 0. The molecule has 3 rings (SSSR count). The molecule has 1 aliphatic rings. The molecule has 1 aliphatic heterocycles. The number of carbonyl (C=O) groups excluding carboxylic acids is 1. The first-order chi connectivity index (χ1) is 10.9. The molecule has 7 nitrogen and oxygen atoms in total. The average Bonchev–Trinajstić information content (AvgIpc) is 3.16. The van der Waals surface area contributed by atoms with Crippen LogP contribution in [0.3, 0.4) is 0 Å². The van der Waals surface area contributed by atoms with Crippen molar-refractivity contribution in [1.29, 1.82) is 0 Å². The number of amides is 2. The van der Waals surface area contributed by atoms with Crippen molar-refractivity contribution in [3.05, 3.63) is 36.3 Å². The van der Waals surface area contributed by atoms with Gasteiger partial charge in [0.1, 0.15) is 0 Å². The lowest BCUT2D eigenvalue weighted by molar-refractivity contribution is 0.217. The van der Waals surface area contributed by atoms with E-state index in [9.17, 15) is 4.79 Å². The van der Waals surface area contributed by atoms with Gasteiger partial charge in [-0.25, -0.2) is 9.80 Å². The van der Waals surface area contributed by atoms with Crippen LogP contribution in [-0.4, -0.2) is 34.3 Å². The second-order valence-electron chi connectivity index (χ2n) is 6.57. The van der Waals surface area contributed by atoms with Gasteiger partial charge in [0, 0.05) is 30.8 Å². The molecule has 0 unspecified atom stereocenters. The standard InChI is InChI=1S/C16H21N5O2/c1-16(2,3)13-10-14(23-19-13)18-15(22)21-9-5-8-20(21)12-6-4-7-17-11-12/h4,6-7,10-11H,5,8-9H2,1-3H3,(H,18,22). The van der Waals surface area contributed by atoms with Gasteiger partial charge in [0.15, 0.2) is 0 Å². The minimum Gasteiger partial charge on any atom is -0.338 e. The molecule has 0 spiro atoms. The highest BCUT2D eigenvalue weighted by molar-refractivity contribution is 5.89. The van der Waals surface area contributed by atoms with Gasteiger partial charge in [-0.15, -0.1) is 0 Å². The van der Waals surface area contributed by atoms with E-state index in [4.69, 9.17) is 4.52 Å². The lowest BCUT2D eigenvalue weighted by Crippen LogP contribution is -2.43. The van der Waals surface area contributed by atoms with E-state index in [0.29, 0.717) is 12.4 Å². The van der Waals surface area contributed by atoms with Gasteiger partial charge in [-0.05, 0) is 18.6 Å². The Labute approximate surface area is 135 Å². The van der Waals surface area contributed by atoms with E-state index >= 15 is 0 Å². The fraction of sp³-hybridized carbons (Fsp3) is 0.438. The summed E-state index contributed by atoms with van der Waals surface area (Å²) in [4.78, 5) is 16.6. The molecule has 1 N–H and O–H groups in total. The Balaban J connectivity index is 1.71. The number of hydrogen-bond donors (Lipinski definition) is 1. The number of nitrogens with one attached hydrogen (secondary N) is 1. The van der Waals surface area contributed by atoms with E-state index in [-0.39, 0.29) is 11.4 Å². The summed E-state index contributed by atoms with van der Waals surface area (Å²) in [5.41, 5.74) is 1.58. The topological polar surface area (TPSA) is 74.5 Å². The van der Waals surface area contributed by atoms with Crippen molar-refractivity contribution in [1.82, 2.24) is 15.1 Å². The van der Waals surface area contributed by atoms with Crippen molar-refractivity contribution < 1.29 is 9.32 Å². The zero-order valence-corrected chi connectivity index (χ0v) is 13.6. The number of hydrazine groups is 1. The summed E-state index contributed by atoms with van der Waals surface area (Å²) in [5.74, 6) is 0.359. The SMILES string of the molecule is CC(C)(C)c1cc(NC(=O)N2CCCN2c2cccnc2)on1. The number of hydrogen-bond acceptors (Lipinski definition) is 5. The number of nitrogens with zero attached hydrogens (tertiary/aromatic N) is 4. The Morgan fingerprint density at radius 1 is 1.35 bits per heavy atom. The summed E-state index contributed by atoms with van der Waals surface area (Å²) < 4.78 is 5.22. The first-order valence-electron chi connectivity index (χ1n) is 7.68. The van der Waals surface area contributed by atoms with Crippen LogP contribution in [0.5, 0.6) is 0 Å². The van der Waals surface area contributed by atoms with Crippen molar-refractivity contribution in [3.8, 4) is 0 Å². The zero-order chi connectivity index (χ0) is 16.4. The summed E-state index contributed by atoms with van der Waals surface area (Å²) in [6.07, 6.45) is 4.37. The lowest BCUT2D eigenvalue weighted by Gasteiger charge is -2.28. The number of urea groups is 1. The first kappa shape index (κ1) is 15.3. The predicted octanol–water partition coefficient (Wildman–Crippen LogP) is 3.03. The molecular formula is C16H21N5O2.